The van der Waals surface area contributed by atoms with Gasteiger partial charge in [-0.2, -0.15) is 0 Å². The van der Waals surface area contributed by atoms with Gasteiger partial charge in [-0.05, 0) is 20.8 Å². The number of carbonyl (C=O) groups excluding carboxylic acids is 1. The molecule has 2 N–H and O–H groups in total. The standard InChI is InChI=1S/C9H15N3O3/c1-9(2,3)15-8(13)12-11-5-7-4-10-6-14-7/h4,6,11H,5H2,1-3H3,(H,12,13). The van der Waals surface area contributed by atoms with Crippen molar-refractivity contribution in [3.8, 4) is 0 Å². The number of rotatable bonds is 3. The molecular formula is C9H15N3O3. The SMILES string of the molecule is CC(C)(C)OC(=O)NNCc1cnco1. The Labute approximate surface area is 88.0 Å². The summed E-state index contributed by atoms with van der Waals surface area (Å²) in [6, 6.07) is 0. The van der Waals surface area contributed by atoms with E-state index in [0.717, 1.165) is 0 Å². The molecule has 0 aliphatic carbocycles. The van der Waals surface area contributed by atoms with Gasteiger partial charge < -0.3 is 9.15 Å². The number of hydrogen-bond donors (Lipinski definition) is 2. The zero-order valence-corrected chi connectivity index (χ0v) is 9.03. The van der Waals surface area contributed by atoms with Gasteiger partial charge in [-0.1, -0.05) is 0 Å². The molecular weight excluding hydrogens is 198 g/mol. The van der Waals surface area contributed by atoms with Crippen LogP contribution in [0, 0.1) is 0 Å². The normalized spacial score (nSPS) is 11.1. The number of aromatic nitrogens is 1. The van der Waals surface area contributed by atoms with Crippen LogP contribution in [0.2, 0.25) is 0 Å². The summed E-state index contributed by atoms with van der Waals surface area (Å²) in [5, 5.41) is 0. The maximum absolute atomic E-state index is 11.1. The molecule has 1 heterocycles. The number of nitrogens with one attached hydrogen (secondary N) is 2. The minimum Gasteiger partial charge on any atom is -0.447 e. The molecule has 0 fully saturated rings. The first-order chi connectivity index (χ1) is 6.97. The van der Waals surface area contributed by atoms with E-state index in [1.807, 2.05) is 0 Å². The van der Waals surface area contributed by atoms with Crippen molar-refractivity contribution in [3.05, 3.63) is 18.4 Å². The number of hydrogen-bond acceptors (Lipinski definition) is 5. The van der Waals surface area contributed by atoms with Gasteiger partial charge in [0.25, 0.3) is 0 Å². The third-order valence-electron chi connectivity index (χ3n) is 1.34. The van der Waals surface area contributed by atoms with Gasteiger partial charge in [0.1, 0.15) is 11.4 Å². The summed E-state index contributed by atoms with van der Waals surface area (Å²) >= 11 is 0. The second-order valence-corrected chi connectivity index (χ2v) is 3.95. The molecule has 0 aromatic carbocycles. The Balaban J connectivity index is 2.18. The Bertz CT molecular complexity index is 303. The quantitative estimate of drug-likeness (QED) is 0.738. The van der Waals surface area contributed by atoms with Gasteiger partial charge in [0.05, 0.1) is 12.7 Å². The van der Waals surface area contributed by atoms with Gasteiger partial charge in [0.2, 0.25) is 0 Å². The van der Waals surface area contributed by atoms with E-state index in [1.165, 1.54) is 6.39 Å². The van der Waals surface area contributed by atoms with Gasteiger partial charge in [-0.3, -0.25) is 5.43 Å². The van der Waals surface area contributed by atoms with Crippen LogP contribution in [0.4, 0.5) is 4.79 Å². The van der Waals surface area contributed by atoms with Crippen LogP contribution in [-0.2, 0) is 11.3 Å². The van der Waals surface area contributed by atoms with Crippen molar-refractivity contribution in [3.63, 3.8) is 0 Å². The molecule has 0 bridgehead atoms. The van der Waals surface area contributed by atoms with E-state index < -0.39 is 11.7 Å². The summed E-state index contributed by atoms with van der Waals surface area (Å²) in [4.78, 5) is 14.9. The summed E-state index contributed by atoms with van der Waals surface area (Å²) < 4.78 is 9.95. The van der Waals surface area contributed by atoms with E-state index in [0.29, 0.717) is 12.3 Å². The van der Waals surface area contributed by atoms with Gasteiger partial charge >= 0.3 is 6.09 Å². The fourth-order valence-electron chi connectivity index (χ4n) is 0.837. The molecule has 1 amide bonds. The van der Waals surface area contributed by atoms with Gasteiger partial charge in [-0.15, -0.1) is 0 Å². The van der Waals surface area contributed by atoms with Crippen molar-refractivity contribution < 1.29 is 13.9 Å². The molecule has 84 valence electrons. The lowest BCUT2D eigenvalue weighted by atomic mass is 10.2. The van der Waals surface area contributed by atoms with Crippen molar-refractivity contribution in [1.29, 1.82) is 0 Å². The van der Waals surface area contributed by atoms with E-state index in [1.54, 1.807) is 27.0 Å². The predicted molar refractivity (Wildman–Crippen MR) is 52.7 cm³/mol. The minimum absolute atomic E-state index is 0.360. The maximum atomic E-state index is 11.1. The largest absolute Gasteiger partial charge is 0.447 e. The van der Waals surface area contributed by atoms with E-state index in [4.69, 9.17) is 9.15 Å². The molecule has 6 nitrogen and oxygen atoms in total. The van der Waals surface area contributed by atoms with Gasteiger partial charge in [0.15, 0.2) is 6.39 Å². The second kappa shape index (κ2) is 4.79. The molecule has 1 aromatic rings. The van der Waals surface area contributed by atoms with E-state index >= 15 is 0 Å². The van der Waals surface area contributed by atoms with Crippen LogP contribution in [0.5, 0.6) is 0 Å². The van der Waals surface area contributed by atoms with E-state index in [2.05, 4.69) is 15.8 Å². The van der Waals surface area contributed by atoms with Crippen molar-refractivity contribution in [2.24, 2.45) is 0 Å². The second-order valence-electron chi connectivity index (χ2n) is 3.95. The summed E-state index contributed by atoms with van der Waals surface area (Å²) in [7, 11) is 0. The van der Waals surface area contributed by atoms with Gasteiger partial charge in [-0.25, -0.2) is 15.2 Å². The first kappa shape index (κ1) is 11.5. The fraction of sp³-hybridized carbons (Fsp3) is 0.556. The van der Waals surface area contributed by atoms with Crippen LogP contribution in [0.15, 0.2) is 17.0 Å². The first-order valence-electron chi connectivity index (χ1n) is 4.56. The smallest absolute Gasteiger partial charge is 0.422 e. The maximum Gasteiger partial charge on any atom is 0.422 e. The van der Waals surface area contributed by atoms with Crippen LogP contribution in [0.25, 0.3) is 0 Å². The monoisotopic (exact) mass is 213 g/mol. The Hall–Kier alpha value is -1.56. The number of oxazole rings is 1. The molecule has 0 unspecified atom stereocenters. The molecule has 0 spiro atoms. The van der Waals surface area contributed by atoms with Crippen molar-refractivity contribution in [2.75, 3.05) is 0 Å². The Morgan fingerprint density at radius 1 is 1.60 bits per heavy atom. The van der Waals surface area contributed by atoms with Crippen LogP contribution in [0.3, 0.4) is 0 Å². The average Bonchev–Trinajstić information content (AvgIpc) is 2.53. The third-order valence-corrected chi connectivity index (χ3v) is 1.34. The van der Waals surface area contributed by atoms with Crippen molar-refractivity contribution in [2.45, 2.75) is 32.9 Å². The first-order valence-corrected chi connectivity index (χ1v) is 4.56. The summed E-state index contributed by atoms with van der Waals surface area (Å²) in [6.45, 7) is 5.74. The zero-order chi connectivity index (χ0) is 11.3. The molecule has 6 heteroatoms. The van der Waals surface area contributed by atoms with Crippen LogP contribution < -0.4 is 10.9 Å². The molecule has 0 radical (unpaired) electrons. The summed E-state index contributed by atoms with van der Waals surface area (Å²) in [5.41, 5.74) is 4.53. The lowest BCUT2D eigenvalue weighted by Gasteiger charge is -2.19. The van der Waals surface area contributed by atoms with Gasteiger partial charge in [0, 0.05) is 0 Å². The highest BCUT2D eigenvalue weighted by Gasteiger charge is 2.15. The molecule has 0 saturated heterocycles. The number of amides is 1. The number of carbonyl (C=O) groups is 1. The van der Waals surface area contributed by atoms with Crippen LogP contribution >= 0.6 is 0 Å². The zero-order valence-electron chi connectivity index (χ0n) is 9.03. The van der Waals surface area contributed by atoms with E-state index in [9.17, 15) is 4.79 Å². The average molecular weight is 213 g/mol. The molecule has 1 rings (SSSR count). The Morgan fingerprint density at radius 2 is 2.33 bits per heavy atom. The van der Waals surface area contributed by atoms with Crippen LogP contribution in [-0.4, -0.2) is 16.7 Å². The lowest BCUT2D eigenvalue weighted by molar-refractivity contribution is 0.0495. The molecule has 0 atom stereocenters. The number of ether oxygens (including phenoxy) is 1. The number of hydrazine groups is 1. The molecule has 15 heavy (non-hydrogen) atoms. The lowest BCUT2D eigenvalue weighted by Crippen LogP contribution is -2.40. The van der Waals surface area contributed by atoms with Crippen molar-refractivity contribution in [1.82, 2.24) is 15.8 Å². The molecule has 1 aromatic heterocycles. The summed E-state index contributed by atoms with van der Waals surface area (Å²) in [6.07, 6.45) is 2.36. The predicted octanol–water partition coefficient (Wildman–Crippen LogP) is 1.20. The van der Waals surface area contributed by atoms with E-state index in [-0.39, 0.29) is 0 Å². The molecule has 0 saturated carbocycles. The Kier molecular flexibility index (Phi) is 3.68. The highest BCUT2D eigenvalue weighted by Crippen LogP contribution is 2.05. The van der Waals surface area contributed by atoms with Crippen molar-refractivity contribution >= 4 is 6.09 Å². The highest BCUT2D eigenvalue weighted by atomic mass is 16.6. The summed E-state index contributed by atoms with van der Waals surface area (Å²) in [5.74, 6) is 0.631. The highest BCUT2D eigenvalue weighted by molar-refractivity contribution is 5.66. The molecule has 0 aliphatic heterocycles. The third kappa shape index (κ3) is 5.02. The Morgan fingerprint density at radius 3 is 2.87 bits per heavy atom. The minimum atomic E-state index is -0.526. The molecule has 0 aliphatic rings. The number of nitrogens with zero attached hydrogens (tertiary/aromatic N) is 1. The van der Waals surface area contributed by atoms with Crippen LogP contribution in [0.1, 0.15) is 26.5 Å². The fourth-order valence-corrected chi connectivity index (χ4v) is 0.837. The topological polar surface area (TPSA) is 76.4 Å².